The maximum absolute atomic E-state index is 11.2. The first-order valence-corrected chi connectivity index (χ1v) is 9.06. The van der Waals surface area contributed by atoms with Crippen molar-refractivity contribution in [2.24, 2.45) is 11.8 Å². The molecule has 0 saturated carbocycles. The molecule has 2 bridgehead atoms. The van der Waals surface area contributed by atoms with Crippen LogP contribution in [0, 0.1) is 11.8 Å². The van der Waals surface area contributed by atoms with E-state index >= 15 is 0 Å². The summed E-state index contributed by atoms with van der Waals surface area (Å²) in [5.74, 6) is 2.37. The third-order valence-corrected chi connectivity index (χ3v) is 6.13. The molecule has 0 radical (unpaired) electrons. The van der Waals surface area contributed by atoms with E-state index in [1.807, 2.05) is 24.3 Å². The van der Waals surface area contributed by atoms with Crippen molar-refractivity contribution in [1.82, 2.24) is 9.88 Å². The quantitative estimate of drug-likeness (QED) is 0.817. The van der Waals surface area contributed by atoms with Crippen LogP contribution in [0.25, 0.3) is 10.9 Å². The van der Waals surface area contributed by atoms with E-state index in [-0.39, 0.29) is 28.5 Å². The minimum absolute atomic E-state index is 0. The number of halogens is 1. The third kappa shape index (κ3) is 3.60. The number of rotatable bonds is 4. The molecule has 5 nitrogen and oxygen atoms in total. The van der Waals surface area contributed by atoms with Gasteiger partial charge in [-0.05, 0) is 61.1 Å². The molecule has 3 fully saturated rings. The van der Waals surface area contributed by atoms with Gasteiger partial charge in [0.05, 0.1) is 18.7 Å². The maximum Gasteiger partial charge on any atom is 0.119 e. The van der Waals surface area contributed by atoms with Crippen LogP contribution >= 0.6 is 17.0 Å². The number of hydrogen-bond donors (Lipinski definition) is 1. The molecule has 2 unspecified atom stereocenters. The normalized spacial score (nSPS) is 28.1. The summed E-state index contributed by atoms with van der Waals surface area (Å²) in [5.41, 5.74) is 1.89. The summed E-state index contributed by atoms with van der Waals surface area (Å²) in [7, 11) is 1.67. The minimum Gasteiger partial charge on any atom is -0.497 e. The van der Waals surface area contributed by atoms with Gasteiger partial charge in [0.2, 0.25) is 0 Å². The predicted octanol–water partition coefficient (Wildman–Crippen LogP) is 3.15. The van der Waals surface area contributed by atoms with Crippen LogP contribution in [0.1, 0.15) is 37.9 Å². The second-order valence-corrected chi connectivity index (χ2v) is 7.24. The second kappa shape index (κ2) is 8.65. The Hall–Kier alpha value is -1.21. The molecule has 2 aromatic rings. The minimum atomic E-state index is -0.469. The molecule has 0 aliphatic carbocycles. The lowest BCUT2D eigenvalue weighted by Gasteiger charge is -2.51. The highest BCUT2D eigenvalue weighted by Gasteiger charge is 2.42. The Balaban J connectivity index is 0.00000121. The number of fused-ring (bicyclic) bond motifs is 4. The van der Waals surface area contributed by atoms with E-state index in [2.05, 4.69) is 16.8 Å². The zero-order valence-corrected chi connectivity index (χ0v) is 17.1. The molecule has 0 amide bonds. The SMILES string of the molecule is Br.CC[C@@H]1CN2CCC1C[C@H]2[C@H](O)c1ccnc2ccc(OC)cc12.O. The van der Waals surface area contributed by atoms with Crippen molar-refractivity contribution < 1.29 is 15.3 Å². The van der Waals surface area contributed by atoms with Gasteiger partial charge < -0.3 is 15.3 Å². The molecule has 5 rings (SSSR count). The van der Waals surface area contributed by atoms with Crippen LogP contribution in [-0.2, 0) is 0 Å². The molecule has 3 aliphatic rings. The average molecular weight is 425 g/mol. The summed E-state index contributed by atoms with van der Waals surface area (Å²) in [5, 5.41) is 12.2. The van der Waals surface area contributed by atoms with E-state index in [9.17, 15) is 5.11 Å². The van der Waals surface area contributed by atoms with E-state index in [0.29, 0.717) is 0 Å². The lowest BCUT2D eigenvalue weighted by atomic mass is 9.72. The lowest BCUT2D eigenvalue weighted by molar-refractivity contribution is -0.0562. The number of aliphatic hydroxyl groups is 1. The standard InChI is InChI=1S/C20H26N2O2.BrH.H2O/c1-3-13-12-22-9-7-14(13)10-19(22)20(23)16-6-8-21-18-5-4-15(24-2)11-17(16)18;;/h4-6,8,11,13-14,19-20,23H,3,7,9-10,12H2,1-2H3;1H;1H2/t13-,14?,19+,20-;;/m1../s1. The average Bonchev–Trinajstić information content (AvgIpc) is 2.66. The molecule has 6 heteroatoms. The van der Waals surface area contributed by atoms with Crippen molar-refractivity contribution >= 4 is 27.9 Å². The van der Waals surface area contributed by atoms with Gasteiger partial charge in [-0.25, -0.2) is 0 Å². The molecule has 26 heavy (non-hydrogen) atoms. The topological polar surface area (TPSA) is 77.1 Å². The molecule has 3 N–H and O–H groups in total. The number of aliphatic hydroxyl groups excluding tert-OH is 1. The molecule has 5 atom stereocenters. The van der Waals surface area contributed by atoms with E-state index < -0.39 is 6.10 Å². The zero-order chi connectivity index (χ0) is 16.7. The number of methoxy groups -OCH3 is 1. The second-order valence-electron chi connectivity index (χ2n) is 7.24. The Morgan fingerprint density at radius 3 is 2.81 bits per heavy atom. The van der Waals surface area contributed by atoms with E-state index in [1.165, 1.54) is 12.8 Å². The highest BCUT2D eigenvalue weighted by molar-refractivity contribution is 8.93. The first kappa shape index (κ1) is 21.1. The largest absolute Gasteiger partial charge is 0.497 e. The number of piperidine rings is 3. The number of nitrogens with zero attached hydrogens (tertiary/aromatic N) is 2. The van der Waals surface area contributed by atoms with Crippen LogP contribution < -0.4 is 4.74 Å². The molecule has 4 heterocycles. The van der Waals surface area contributed by atoms with E-state index in [1.54, 1.807) is 13.3 Å². The van der Waals surface area contributed by atoms with Crippen LogP contribution in [0.4, 0.5) is 0 Å². The maximum atomic E-state index is 11.2. The number of ether oxygens (including phenoxy) is 1. The van der Waals surface area contributed by atoms with Gasteiger partial charge in [0.25, 0.3) is 0 Å². The molecular weight excluding hydrogens is 396 g/mol. The summed E-state index contributed by atoms with van der Waals surface area (Å²) in [4.78, 5) is 6.94. The number of hydrogen-bond acceptors (Lipinski definition) is 4. The first-order chi connectivity index (χ1) is 11.7. The Bertz CT molecular complexity index is 742. The van der Waals surface area contributed by atoms with Gasteiger partial charge in [0.1, 0.15) is 5.75 Å². The van der Waals surface area contributed by atoms with Gasteiger partial charge in [0, 0.05) is 24.2 Å². The number of benzene rings is 1. The van der Waals surface area contributed by atoms with Crippen LogP contribution in [0.2, 0.25) is 0 Å². The lowest BCUT2D eigenvalue weighted by Crippen LogP contribution is -2.55. The summed E-state index contributed by atoms with van der Waals surface area (Å²) in [6.07, 6.45) is 4.97. The van der Waals surface area contributed by atoms with Crippen molar-refractivity contribution in [2.45, 2.75) is 38.3 Å². The van der Waals surface area contributed by atoms with Crippen LogP contribution in [0.5, 0.6) is 5.75 Å². The van der Waals surface area contributed by atoms with Crippen molar-refractivity contribution in [3.05, 3.63) is 36.0 Å². The molecule has 3 aliphatic heterocycles. The fraction of sp³-hybridized carbons (Fsp3) is 0.550. The summed E-state index contributed by atoms with van der Waals surface area (Å²) in [6, 6.07) is 8.07. The van der Waals surface area contributed by atoms with Crippen LogP contribution in [-0.4, -0.2) is 46.7 Å². The summed E-state index contributed by atoms with van der Waals surface area (Å²) in [6.45, 7) is 4.55. The number of pyridine rings is 1. The van der Waals surface area contributed by atoms with Gasteiger partial charge >= 0.3 is 0 Å². The Labute approximate surface area is 165 Å². The van der Waals surface area contributed by atoms with Crippen molar-refractivity contribution in [2.75, 3.05) is 20.2 Å². The Morgan fingerprint density at radius 2 is 2.15 bits per heavy atom. The van der Waals surface area contributed by atoms with Gasteiger partial charge in [-0.15, -0.1) is 17.0 Å². The Kier molecular flexibility index (Phi) is 7.02. The van der Waals surface area contributed by atoms with E-state index in [4.69, 9.17) is 4.74 Å². The molecule has 3 saturated heterocycles. The number of aromatic nitrogens is 1. The molecule has 144 valence electrons. The molecule has 0 spiro atoms. The van der Waals surface area contributed by atoms with Crippen molar-refractivity contribution in [3.8, 4) is 5.75 Å². The molecule has 1 aromatic carbocycles. The van der Waals surface area contributed by atoms with Crippen molar-refractivity contribution in [1.29, 1.82) is 0 Å². The van der Waals surface area contributed by atoms with Crippen molar-refractivity contribution in [3.63, 3.8) is 0 Å². The van der Waals surface area contributed by atoms with Gasteiger partial charge in [-0.1, -0.05) is 13.3 Å². The highest BCUT2D eigenvalue weighted by Crippen LogP contribution is 2.42. The fourth-order valence-electron chi connectivity index (χ4n) is 4.71. The monoisotopic (exact) mass is 424 g/mol. The van der Waals surface area contributed by atoms with Gasteiger partial charge in [-0.3, -0.25) is 9.88 Å². The molecular formula is C20H29BrN2O3. The molecule has 1 aromatic heterocycles. The van der Waals surface area contributed by atoms with Crippen LogP contribution in [0.3, 0.4) is 0 Å². The predicted molar refractivity (Wildman–Crippen MR) is 109 cm³/mol. The summed E-state index contributed by atoms with van der Waals surface area (Å²) < 4.78 is 5.36. The summed E-state index contributed by atoms with van der Waals surface area (Å²) >= 11 is 0. The smallest absolute Gasteiger partial charge is 0.119 e. The van der Waals surface area contributed by atoms with E-state index in [0.717, 1.165) is 53.6 Å². The zero-order valence-electron chi connectivity index (χ0n) is 15.4. The Morgan fingerprint density at radius 1 is 1.35 bits per heavy atom. The van der Waals surface area contributed by atoms with Crippen LogP contribution in [0.15, 0.2) is 30.5 Å². The third-order valence-electron chi connectivity index (χ3n) is 6.13. The first-order valence-electron chi connectivity index (χ1n) is 9.06. The van der Waals surface area contributed by atoms with Gasteiger partial charge in [-0.2, -0.15) is 0 Å². The fourth-order valence-corrected chi connectivity index (χ4v) is 4.71. The van der Waals surface area contributed by atoms with Gasteiger partial charge in [0.15, 0.2) is 0 Å². The highest BCUT2D eigenvalue weighted by atomic mass is 79.9.